The standard InChI is InChI=1S/C29H31N5O2/c1-4-33-14-5-6-21(17-33)19-36-29-32-27(22-8-10-24(30-3)11-9-22)26(28-31-13-15-34(28)29)25-12-7-20(2)16-23(25)18-35/h7-13,15-16,21,35H,4-6,14,17-19H2,1-2H3/t21-/m1/s1. The molecule has 0 unspecified atom stereocenters. The number of fused-ring (bicyclic) bond motifs is 1. The molecule has 2 aromatic carbocycles. The van der Waals surface area contributed by atoms with E-state index in [2.05, 4.69) is 16.7 Å². The van der Waals surface area contributed by atoms with Gasteiger partial charge in [0.1, 0.15) is 0 Å². The SMILES string of the molecule is [C-]#[N+]c1ccc(-c2nc(OC[C@@H]3CCCN(CC)C3)n3ccnc3c2-c2ccc(C)cc2CO)cc1. The van der Waals surface area contributed by atoms with Crippen molar-refractivity contribution in [3.05, 3.63) is 77.4 Å². The summed E-state index contributed by atoms with van der Waals surface area (Å²) >= 11 is 0. The van der Waals surface area contributed by atoms with E-state index < -0.39 is 0 Å². The van der Waals surface area contributed by atoms with E-state index in [1.54, 1.807) is 18.3 Å². The summed E-state index contributed by atoms with van der Waals surface area (Å²) < 4.78 is 8.27. The number of aromatic nitrogens is 3. The minimum absolute atomic E-state index is 0.0894. The molecule has 36 heavy (non-hydrogen) atoms. The minimum Gasteiger partial charge on any atom is -0.464 e. The predicted molar refractivity (Wildman–Crippen MR) is 141 cm³/mol. The fourth-order valence-electron chi connectivity index (χ4n) is 5.07. The molecule has 7 nitrogen and oxygen atoms in total. The maximum absolute atomic E-state index is 10.2. The normalized spacial score (nSPS) is 16.2. The van der Waals surface area contributed by atoms with Crippen LogP contribution in [0.4, 0.5) is 5.69 Å². The summed E-state index contributed by atoms with van der Waals surface area (Å²) in [5, 5.41) is 10.2. The Hall–Kier alpha value is -3.73. The number of piperidine rings is 1. The Balaban J connectivity index is 1.63. The topological polar surface area (TPSA) is 67.2 Å². The van der Waals surface area contributed by atoms with Crippen LogP contribution < -0.4 is 4.74 Å². The molecular weight excluding hydrogens is 450 g/mol. The molecule has 2 aromatic heterocycles. The number of hydrogen-bond donors (Lipinski definition) is 1. The number of nitrogens with zero attached hydrogens (tertiary/aromatic N) is 5. The number of benzene rings is 2. The molecule has 1 N–H and O–H groups in total. The second kappa shape index (κ2) is 10.5. The van der Waals surface area contributed by atoms with Gasteiger partial charge in [-0.2, -0.15) is 4.98 Å². The first-order valence-electron chi connectivity index (χ1n) is 12.5. The number of aliphatic hydroxyl groups is 1. The summed E-state index contributed by atoms with van der Waals surface area (Å²) in [5.41, 5.74) is 6.49. The van der Waals surface area contributed by atoms with Crippen LogP contribution in [0.3, 0.4) is 0 Å². The van der Waals surface area contributed by atoms with Gasteiger partial charge in [0.05, 0.1) is 31.0 Å². The Morgan fingerprint density at radius 2 is 2.03 bits per heavy atom. The van der Waals surface area contributed by atoms with E-state index in [-0.39, 0.29) is 6.61 Å². The van der Waals surface area contributed by atoms with Crippen LogP contribution in [0.5, 0.6) is 6.01 Å². The molecule has 0 radical (unpaired) electrons. The quantitative estimate of drug-likeness (QED) is 0.352. The van der Waals surface area contributed by atoms with Crippen molar-refractivity contribution in [3.63, 3.8) is 0 Å². The second-order valence-corrected chi connectivity index (χ2v) is 9.43. The number of rotatable bonds is 7. The zero-order chi connectivity index (χ0) is 25.1. The summed E-state index contributed by atoms with van der Waals surface area (Å²) in [6.07, 6.45) is 5.96. The molecule has 184 valence electrons. The van der Waals surface area contributed by atoms with Crippen molar-refractivity contribution in [3.8, 4) is 28.4 Å². The van der Waals surface area contributed by atoms with E-state index in [1.807, 2.05) is 47.9 Å². The fraction of sp³-hybridized carbons (Fsp3) is 0.345. The van der Waals surface area contributed by atoms with Crippen molar-refractivity contribution in [1.82, 2.24) is 19.3 Å². The maximum Gasteiger partial charge on any atom is 0.302 e. The van der Waals surface area contributed by atoms with Gasteiger partial charge in [-0.15, -0.1) is 0 Å². The number of hydrogen-bond acceptors (Lipinski definition) is 5. The van der Waals surface area contributed by atoms with Crippen molar-refractivity contribution in [2.45, 2.75) is 33.3 Å². The monoisotopic (exact) mass is 481 g/mol. The fourth-order valence-corrected chi connectivity index (χ4v) is 5.07. The van der Waals surface area contributed by atoms with Gasteiger partial charge in [-0.3, -0.25) is 4.40 Å². The molecule has 0 spiro atoms. The highest BCUT2D eigenvalue weighted by atomic mass is 16.5. The Kier molecular flexibility index (Phi) is 6.99. The molecule has 1 fully saturated rings. The van der Waals surface area contributed by atoms with Gasteiger partial charge >= 0.3 is 6.01 Å². The molecule has 0 bridgehead atoms. The average Bonchev–Trinajstić information content (AvgIpc) is 3.42. The van der Waals surface area contributed by atoms with E-state index >= 15 is 0 Å². The lowest BCUT2D eigenvalue weighted by Crippen LogP contribution is -2.37. The van der Waals surface area contributed by atoms with Gasteiger partial charge < -0.3 is 14.7 Å². The molecule has 0 amide bonds. The lowest BCUT2D eigenvalue weighted by molar-refractivity contribution is 0.129. The largest absolute Gasteiger partial charge is 0.464 e. The zero-order valence-electron chi connectivity index (χ0n) is 20.8. The van der Waals surface area contributed by atoms with Gasteiger partial charge in [0, 0.05) is 24.9 Å². The first kappa shape index (κ1) is 24.0. The molecule has 1 aliphatic heterocycles. The van der Waals surface area contributed by atoms with Crippen molar-refractivity contribution >= 4 is 11.3 Å². The molecule has 3 heterocycles. The van der Waals surface area contributed by atoms with Gasteiger partial charge in [-0.1, -0.05) is 55.0 Å². The molecule has 5 rings (SSSR count). The van der Waals surface area contributed by atoms with Crippen molar-refractivity contribution < 1.29 is 9.84 Å². The molecule has 0 aliphatic carbocycles. The van der Waals surface area contributed by atoms with Gasteiger partial charge in [0.15, 0.2) is 11.3 Å². The van der Waals surface area contributed by atoms with Crippen LogP contribution in [-0.2, 0) is 6.61 Å². The summed E-state index contributed by atoms with van der Waals surface area (Å²) in [5.74, 6) is 0.457. The van der Waals surface area contributed by atoms with Gasteiger partial charge in [-0.05, 0) is 49.5 Å². The van der Waals surface area contributed by atoms with E-state index in [0.717, 1.165) is 65.2 Å². The highest BCUT2D eigenvalue weighted by Gasteiger charge is 2.23. The molecule has 7 heteroatoms. The molecule has 4 aromatic rings. The average molecular weight is 482 g/mol. The van der Waals surface area contributed by atoms with Gasteiger partial charge in [0.2, 0.25) is 0 Å². The van der Waals surface area contributed by atoms with Crippen LogP contribution in [0, 0.1) is 19.4 Å². The molecule has 0 saturated carbocycles. The number of ether oxygens (including phenoxy) is 1. The Bertz CT molecular complexity index is 1400. The van der Waals surface area contributed by atoms with E-state index in [1.165, 1.54) is 6.42 Å². The Morgan fingerprint density at radius 1 is 1.19 bits per heavy atom. The highest BCUT2D eigenvalue weighted by Crippen LogP contribution is 2.38. The number of aliphatic hydroxyl groups excluding tert-OH is 1. The third kappa shape index (κ3) is 4.70. The van der Waals surface area contributed by atoms with Crippen LogP contribution >= 0.6 is 0 Å². The highest BCUT2D eigenvalue weighted by molar-refractivity contribution is 5.91. The third-order valence-electron chi connectivity index (χ3n) is 6.98. The first-order chi connectivity index (χ1) is 17.6. The Labute approximate surface area is 211 Å². The molecule has 1 aliphatic rings. The lowest BCUT2D eigenvalue weighted by Gasteiger charge is -2.31. The minimum atomic E-state index is -0.0894. The predicted octanol–water partition coefficient (Wildman–Crippen LogP) is 5.53. The summed E-state index contributed by atoms with van der Waals surface area (Å²) in [6, 6.07) is 14.0. The number of aryl methyl sites for hydroxylation is 1. The number of likely N-dealkylation sites (tertiary alicyclic amines) is 1. The lowest BCUT2D eigenvalue weighted by atomic mass is 9.95. The number of imidazole rings is 1. The molecular formula is C29H31N5O2. The van der Waals surface area contributed by atoms with E-state index in [4.69, 9.17) is 21.3 Å². The van der Waals surface area contributed by atoms with Crippen LogP contribution in [0.2, 0.25) is 0 Å². The van der Waals surface area contributed by atoms with Crippen LogP contribution in [0.1, 0.15) is 30.9 Å². The molecule has 1 atom stereocenters. The molecule has 1 saturated heterocycles. The second-order valence-electron chi connectivity index (χ2n) is 9.43. The zero-order valence-corrected chi connectivity index (χ0v) is 20.8. The third-order valence-corrected chi connectivity index (χ3v) is 6.98. The van der Waals surface area contributed by atoms with Gasteiger partial charge in [-0.25, -0.2) is 9.83 Å². The smallest absolute Gasteiger partial charge is 0.302 e. The van der Waals surface area contributed by atoms with E-state index in [9.17, 15) is 5.11 Å². The summed E-state index contributed by atoms with van der Waals surface area (Å²) in [7, 11) is 0. The van der Waals surface area contributed by atoms with Crippen molar-refractivity contribution in [2.75, 3.05) is 26.2 Å². The summed E-state index contributed by atoms with van der Waals surface area (Å²) in [6.45, 7) is 15.3. The van der Waals surface area contributed by atoms with Crippen molar-refractivity contribution in [1.29, 1.82) is 0 Å². The van der Waals surface area contributed by atoms with Crippen molar-refractivity contribution in [2.24, 2.45) is 5.92 Å². The van der Waals surface area contributed by atoms with Crippen LogP contribution in [0.25, 0.3) is 32.9 Å². The maximum atomic E-state index is 10.2. The van der Waals surface area contributed by atoms with E-state index in [0.29, 0.717) is 24.2 Å². The van der Waals surface area contributed by atoms with Crippen LogP contribution in [-0.4, -0.2) is 50.6 Å². The Morgan fingerprint density at radius 3 is 2.78 bits per heavy atom. The van der Waals surface area contributed by atoms with Gasteiger partial charge in [0.25, 0.3) is 0 Å². The summed E-state index contributed by atoms with van der Waals surface area (Å²) in [4.78, 5) is 15.7. The van der Waals surface area contributed by atoms with Crippen LogP contribution in [0.15, 0.2) is 54.9 Å². The first-order valence-corrected chi connectivity index (χ1v) is 12.5.